The molecule has 0 radical (unpaired) electrons. The number of hydrogen-bond donors (Lipinski definition) is 1. The van der Waals surface area contributed by atoms with Crippen molar-refractivity contribution in [2.75, 3.05) is 39.1 Å². The van der Waals surface area contributed by atoms with Crippen LogP contribution in [-0.4, -0.2) is 47.4 Å². The standard InChI is InChI=1S/C19H28N4O3/c1-14(13-26-2)23-18(24)16-12-15(20)6-7-17(16)22(19(23)25)11-10-21-8-4-3-5-9-21/h6-7,12,14H,3-5,8-11,13,20H2,1-2H3/t14-/m0/s1. The number of anilines is 1. The van der Waals surface area contributed by atoms with Crippen LogP contribution in [0, 0.1) is 0 Å². The summed E-state index contributed by atoms with van der Waals surface area (Å²) in [7, 11) is 1.56. The molecule has 1 aliphatic rings. The molecule has 1 atom stereocenters. The lowest BCUT2D eigenvalue weighted by atomic mass is 10.1. The maximum atomic E-state index is 13.1. The molecule has 142 valence electrons. The SMILES string of the molecule is COC[C@H](C)n1c(=O)c2cc(N)ccc2n(CCN2CCCCC2)c1=O. The van der Waals surface area contributed by atoms with E-state index >= 15 is 0 Å². The van der Waals surface area contributed by atoms with Crippen molar-refractivity contribution in [3.8, 4) is 0 Å². The number of methoxy groups -OCH3 is 1. The van der Waals surface area contributed by atoms with Gasteiger partial charge in [-0.2, -0.15) is 0 Å². The number of nitrogens with two attached hydrogens (primary N) is 1. The van der Waals surface area contributed by atoms with Gasteiger partial charge in [0, 0.05) is 25.9 Å². The van der Waals surface area contributed by atoms with Gasteiger partial charge >= 0.3 is 5.69 Å². The van der Waals surface area contributed by atoms with E-state index in [1.807, 2.05) is 6.92 Å². The molecule has 1 aliphatic heterocycles. The quantitative estimate of drug-likeness (QED) is 0.788. The Morgan fingerprint density at radius 3 is 2.58 bits per heavy atom. The molecule has 1 saturated heterocycles. The van der Waals surface area contributed by atoms with Crippen LogP contribution in [0.4, 0.5) is 5.69 Å². The Balaban J connectivity index is 2.07. The van der Waals surface area contributed by atoms with Crippen LogP contribution < -0.4 is 17.0 Å². The lowest BCUT2D eigenvalue weighted by molar-refractivity contribution is 0.158. The van der Waals surface area contributed by atoms with Crippen molar-refractivity contribution in [3.63, 3.8) is 0 Å². The molecule has 0 bridgehead atoms. The molecule has 2 heterocycles. The van der Waals surface area contributed by atoms with Crippen molar-refractivity contribution in [1.82, 2.24) is 14.0 Å². The van der Waals surface area contributed by atoms with Gasteiger partial charge in [0.25, 0.3) is 5.56 Å². The molecule has 7 heteroatoms. The van der Waals surface area contributed by atoms with E-state index < -0.39 is 0 Å². The average molecular weight is 360 g/mol. The Morgan fingerprint density at radius 2 is 1.88 bits per heavy atom. The summed E-state index contributed by atoms with van der Waals surface area (Å²) >= 11 is 0. The Kier molecular flexibility index (Phi) is 5.78. The molecule has 26 heavy (non-hydrogen) atoms. The highest BCUT2D eigenvalue weighted by Crippen LogP contribution is 2.15. The summed E-state index contributed by atoms with van der Waals surface area (Å²) < 4.78 is 8.16. The van der Waals surface area contributed by atoms with E-state index in [1.54, 1.807) is 29.9 Å². The van der Waals surface area contributed by atoms with Gasteiger partial charge in [-0.15, -0.1) is 0 Å². The topological polar surface area (TPSA) is 82.5 Å². The Morgan fingerprint density at radius 1 is 1.15 bits per heavy atom. The zero-order valence-corrected chi connectivity index (χ0v) is 15.6. The Bertz CT molecular complexity index is 881. The summed E-state index contributed by atoms with van der Waals surface area (Å²) in [5, 5.41) is 0.478. The van der Waals surface area contributed by atoms with Gasteiger partial charge in [0.1, 0.15) is 0 Å². The van der Waals surface area contributed by atoms with E-state index in [1.165, 1.54) is 23.8 Å². The summed E-state index contributed by atoms with van der Waals surface area (Å²) in [5.41, 5.74) is 6.46. The number of nitrogens with zero attached hydrogens (tertiary/aromatic N) is 3. The second kappa shape index (κ2) is 8.05. The van der Waals surface area contributed by atoms with E-state index in [4.69, 9.17) is 10.5 Å². The molecular weight excluding hydrogens is 332 g/mol. The zero-order chi connectivity index (χ0) is 18.7. The van der Waals surface area contributed by atoms with Gasteiger partial charge in [-0.25, -0.2) is 4.79 Å². The van der Waals surface area contributed by atoms with Crippen molar-refractivity contribution in [2.45, 2.75) is 38.8 Å². The first kappa shape index (κ1) is 18.7. The molecular formula is C19H28N4O3. The number of ether oxygens (including phenoxy) is 1. The van der Waals surface area contributed by atoms with Crippen molar-refractivity contribution in [3.05, 3.63) is 39.0 Å². The summed E-state index contributed by atoms with van der Waals surface area (Å²) in [6.07, 6.45) is 3.69. The summed E-state index contributed by atoms with van der Waals surface area (Å²) in [6, 6.07) is 4.83. The molecule has 1 aromatic carbocycles. The van der Waals surface area contributed by atoms with E-state index in [-0.39, 0.29) is 17.3 Å². The third kappa shape index (κ3) is 3.68. The molecule has 3 rings (SSSR count). The number of hydrogen-bond acceptors (Lipinski definition) is 5. The van der Waals surface area contributed by atoms with Gasteiger partial charge in [0.05, 0.1) is 23.6 Å². The number of rotatable bonds is 6. The molecule has 0 unspecified atom stereocenters. The number of fused-ring (bicyclic) bond motifs is 1. The minimum absolute atomic E-state index is 0.283. The van der Waals surface area contributed by atoms with Gasteiger partial charge < -0.3 is 15.4 Å². The number of nitrogen functional groups attached to an aromatic ring is 1. The third-order valence-electron chi connectivity index (χ3n) is 5.13. The highest BCUT2D eigenvalue weighted by atomic mass is 16.5. The van der Waals surface area contributed by atoms with E-state index in [2.05, 4.69) is 4.90 Å². The van der Waals surface area contributed by atoms with Crippen LogP contribution in [-0.2, 0) is 11.3 Å². The second-order valence-corrected chi connectivity index (χ2v) is 7.09. The van der Waals surface area contributed by atoms with Gasteiger partial charge in [0.15, 0.2) is 0 Å². The molecule has 1 fully saturated rings. The molecule has 0 aliphatic carbocycles. The largest absolute Gasteiger partial charge is 0.399 e. The van der Waals surface area contributed by atoms with Crippen LogP contribution in [0.3, 0.4) is 0 Å². The molecule has 7 nitrogen and oxygen atoms in total. The second-order valence-electron chi connectivity index (χ2n) is 7.09. The van der Waals surface area contributed by atoms with Crippen LogP contribution >= 0.6 is 0 Å². The fraction of sp³-hybridized carbons (Fsp3) is 0.579. The molecule has 0 amide bonds. The predicted octanol–water partition coefficient (Wildman–Crippen LogP) is 1.44. The fourth-order valence-electron chi connectivity index (χ4n) is 3.76. The van der Waals surface area contributed by atoms with Crippen molar-refractivity contribution in [2.24, 2.45) is 0 Å². The smallest absolute Gasteiger partial charge is 0.331 e. The van der Waals surface area contributed by atoms with E-state index in [0.29, 0.717) is 29.7 Å². The van der Waals surface area contributed by atoms with Gasteiger partial charge in [-0.3, -0.25) is 13.9 Å². The molecule has 0 spiro atoms. The van der Waals surface area contributed by atoms with Crippen molar-refractivity contribution in [1.29, 1.82) is 0 Å². The summed E-state index contributed by atoms with van der Waals surface area (Å²) in [4.78, 5) is 28.4. The van der Waals surface area contributed by atoms with Crippen LogP contribution in [0.15, 0.2) is 27.8 Å². The first-order chi connectivity index (χ1) is 12.5. The highest BCUT2D eigenvalue weighted by Gasteiger charge is 2.18. The fourth-order valence-corrected chi connectivity index (χ4v) is 3.76. The van der Waals surface area contributed by atoms with E-state index in [0.717, 1.165) is 19.6 Å². The summed E-state index contributed by atoms with van der Waals surface area (Å²) in [6.45, 7) is 5.61. The average Bonchev–Trinajstić information content (AvgIpc) is 2.63. The minimum Gasteiger partial charge on any atom is -0.399 e. The van der Waals surface area contributed by atoms with Crippen molar-refractivity contribution < 1.29 is 4.74 Å². The third-order valence-corrected chi connectivity index (χ3v) is 5.13. The monoisotopic (exact) mass is 360 g/mol. The molecule has 2 aromatic rings. The molecule has 0 saturated carbocycles. The van der Waals surface area contributed by atoms with E-state index in [9.17, 15) is 9.59 Å². The normalized spacial score (nSPS) is 16.8. The number of aromatic nitrogens is 2. The molecule has 1 aromatic heterocycles. The summed E-state index contributed by atoms with van der Waals surface area (Å²) in [5.74, 6) is 0. The zero-order valence-electron chi connectivity index (χ0n) is 15.6. The lowest BCUT2D eigenvalue weighted by Crippen LogP contribution is -2.44. The van der Waals surface area contributed by atoms with Gasteiger partial charge in [-0.05, 0) is 51.1 Å². The Hall–Kier alpha value is -2.12. The number of likely N-dealkylation sites (tertiary alicyclic amines) is 1. The van der Waals surface area contributed by atoms with Crippen LogP contribution in [0.5, 0.6) is 0 Å². The molecule has 2 N–H and O–H groups in total. The number of piperidine rings is 1. The lowest BCUT2D eigenvalue weighted by Gasteiger charge is -2.27. The van der Waals surface area contributed by atoms with Gasteiger partial charge in [0.2, 0.25) is 0 Å². The first-order valence-electron chi connectivity index (χ1n) is 9.29. The van der Waals surface area contributed by atoms with Gasteiger partial charge in [-0.1, -0.05) is 6.42 Å². The highest BCUT2D eigenvalue weighted by molar-refractivity contribution is 5.81. The number of benzene rings is 1. The predicted molar refractivity (Wildman–Crippen MR) is 104 cm³/mol. The maximum Gasteiger partial charge on any atom is 0.331 e. The maximum absolute atomic E-state index is 13.1. The minimum atomic E-state index is -0.341. The van der Waals surface area contributed by atoms with Crippen molar-refractivity contribution >= 4 is 16.6 Å². The van der Waals surface area contributed by atoms with Crippen LogP contribution in [0.25, 0.3) is 10.9 Å². The first-order valence-corrected chi connectivity index (χ1v) is 9.29. The van der Waals surface area contributed by atoms with Crippen LogP contribution in [0.1, 0.15) is 32.2 Å². The Labute approximate surface area is 153 Å². The van der Waals surface area contributed by atoms with Crippen LogP contribution in [0.2, 0.25) is 0 Å².